The molecule has 2 aromatic carbocycles. The highest BCUT2D eigenvalue weighted by Crippen LogP contribution is 2.25. The number of nitrogens with zero attached hydrogens (tertiary/aromatic N) is 2. The van der Waals surface area contributed by atoms with Crippen LogP contribution in [0.1, 0.15) is 29.9 Å². The van der Waals surface area contributed by atoms with Gasteiger partial charge in [0.05, 0.1) is 23.6 Å². The number of fused-ring (bicyclic) bond motifs is 1. The van der Waals surface area contributed by atoms with Gasteiger partial charge in [-0.25, -0.2) is 13.6 Å². The van der Waals surface area contributed by atoms with Crippen molar-refractivity contribution in [3.05, 3.63) is 84.0 Å². The van der Waals surface area contributed by atoms with Crippen LogP contribution >= 0.6 is 0 Å². The van der Waals surface area contributed by atoms with Crippen molar-refractivity contribution in [3.63, 3.8) is 0 Å². The molecule has 3 aromatic rings. The van der Waals surface area contributed by atoms with E-state index in [0.29, 0.717) is 16.7 Å². The lowest BCUT2D eigenvalue weighted by Gasteiger charge is -2.10. The minimum absolute atomic E-state index is 0.0160. The van der Waals surface area contributed by atoms with Crippen molar-refractivity contribution in [2.45, 2.75) is 20.4 Å². The highest BCUT2D eigenvalue weighted by Gasteiger charge is 2.21. The predicted molar refractivity (Wildman–Crippen MR) is 101 cm³/mol. The number of allylic oxidation sites excluding steroid dienone is 2. The quantitative estimate of drug-likeness (QED) is 0.445. The van der Waals surface area contributed by atoms with Crippen LogP contribution in [-0.4, -0.2) is 15.7 Å². The SMILES string of the molecule is C=C(C)OC(=O)c1nn(Cc2c(F)cc(OC(=C)C)cc2F)c2ccccc12. The van der Waals surface area contributed by atoms with Gasteiger partial charge in [0.15, 0.2) is 5.69 Å². The molecule has 3 rings (SSSR count). The van der Waals surface area contributed by atoms with E-state index >= 15 is 0 Å². The summed E-state index contributed by atoms with van der Waals surface area (Å²) < 4.78 is 40.5. The second-order valence-corrected chi connectivity index (χ2v) is 6.28. The molecule has 7 heteroatoms. The molecule has 1 heterocycles. The molecule has 0 fully saturated rings. The zero-order valence-corrected chi connectivity index (χ0v) is 15.5. The molecule has 0 unspecified atom stereocenters. The van der Waals surface area contributed by atoms with Crippen LogP contribution in [0.4, 0.5) is 8.78 Å². The summed E-state index contributed by atoms with van der Waals surface area (Å²) in [6.45, 7) is 9.97. The molecule has 0 aliphatic heterocycles. The van der Waals surface area contributed by atoms with Gasteiger partial charge in [0.25, 0.3) is 0 Å². The first-order chi connectivity index (χ1) is 13.3. The van der Waals surface area contributed by atoms with Gasteiger partial charge < -0.3 is 9.47 Å². The van der Waals surface area contributed by atoms with Crippen molar-refractivity contribution in [2.75, 3.05) is 0 Å². The third-order valence-corrected chi connectivity index (χ3v) is 3.83. The van der Waals surface area contributed by atoms with Crippen molar-refractivity contribution in [3.8, 4) is 5.75 Å². The van der Waals surface area contributed by atoms with E-state index < -0.39 is 17.6 Å². The topological polar surface area (TPSA) is 53.3 Å². The van der Waals surface area contributed by atoms with Crippen LogP contribution in [0.2, 0.25) is 0 Å². The van der Waals surface area contributed by atoms with E-state index in [9.17, 15) is 13.6 Å². The Labute approximate surface area is 160 Å². The summed E-state index contributed by atoms with van der Waals surface area (Å²) in [5.74, 6) is -1.72. The molecule has 0 spiro atoms. The fourth-order valence-electron chi connectivity index (χ4n) is 2.75. The van der Waals surface area contributed by atoms with E-state index in [1.165, 1.54) is 11.6 Å². The van der Waals surface area contributed by atoms with Crippen LogP contribution in [0.5, 0.6) is 5.75 Å². The third kappa shape index (κ3) is 3.93. The summed E-state index contributed by atoms with van der Waals surface area (Å²) in [4.78, 5) is 12.3. The minimum atomic E-state index is -0.790. The Hall–Kier alpha value is -3.48. The van der Waals surface area contributed by atoms with Gasteiger partial charge in [-0.2, -0.15) is 5.10 Å². The van der Waals surface area contributed by atoms with Gasteiger partial charge in [-0.15, -0.1) is 0 Å². The van der Waals surface area contributed by atoms with Crippen molar-refractivity contribution in [1.29, 1.82) is 0 Å². The molecule has 0 bridgehead atoms. The molecule has 0 aliphatic carbocycles. The second kappa shape index (κ2) is 7.64. The highest BCUT2D eigenvalue weighted by molar-refractivity contribution is 6.02. The van der Waals surface area contributed by atoms with Gasteiger partial charge in [0, 0.05) is 23.1 Å². The number of hydrogen-bond acceptors (Lipinski definition) is 4. The molecule has 0 saturated heterocycles. The first-order valence-electron chi connectivity index (χ1n) is 8.40. The van der Waals surface area contributed by atoms with Gasteiger partial charge in [0.2, 0.25) is 0 Å². The summed E-state index contributed by atoms with van der Waals surface area (Å²) in [7, 11) is 0. The number of ether oxygens (including phenoxy) is 2. The maximum absolute atomic E-state index is 14.5. The largest absolute Gasteiger partial charge is 0.462 e. The van der Waals surface area contributed by atoms with Gasteiger partial charge >= 0.3 is 5.97 Å². The number of para-hydroxylation sites is 1. The monoisotopic (exact) mass is 384 g/mol. The zero-order chi connectivity index (χ0) is 20.4. The van der Waals surface area contributed by atoms with Gasteiger partial charge in [-0.05, 0) is 19.9 Å². The Balaban J connectivity index is 2.03. The summed E-state index contributed by atoms with van der Waals surface area (Å²) in [6, 6.07) is 9.02. The van der Waals surface area contributed by atoms with Gasteiger partial charge in [-0.3, -0.25) is 4.68 Å². The Kier molecular flexibility index (Phi) is 5.26. The lowest BCUT2D eigenvalue weighted by atomic mass is 10.1. The number of aromatic nitrogens is 2. The number of rotatable bonds is 6. The van der Waals surface area contributed by atoms with Gasteiger partial charge in [0.1, 0.15) is 17.4 Å². The number of halogens is 2. The number of esters is 1. The van der Waals surface area contributed by atoms with Crippen molar-refractivity contribution < 1.29 is 23.0 Å². The summed E-state index contributed by atoms with van der Waals surface area (Å²) >= 11 is 0. The normalized spacial score (nSPS) is 10.7. The summed E-state index contributed by atoms with van der Waals surface area (Å²) in [5, 5.41) is 4.72. The molecular weight excluding hydrogens is 366 g/mol. The Morgan fingerprint density at radius 3 is 2.36 bits per heavy atom. The molecular formula is C21H18F2N2O3. The molecule has 28 heavy (non-hydrogen) atoms. The van der Waals surface area contributed by atoms with E-state index in [4.69, 9.17) is 9.47 Å². The Bertz CT molecular complexity index is 1080. The lowest BCUT2D eigenvalue weighted by molar-refractivity contribution is 0.0622. The molecule has 1 aromatic heterocycles. The predicted octanol–water partition coefficient (Wildman–Crippen LogP) is 4.97. The zero-order valence-electron chi connectivity index (χ0n) is 15.5. The molecule has 0 amide bonds. The Morgan fingerprint density at radius 1 is 1.11 bits per heavy atom. The number of carbonyl (C=O) groups excluding carboxylic acids is 1. The first kappa shape index (κ1) is 19.3. The molecule has 0 aliphatic rings. The second-order valence-electron chi connectivity index (χ2n) is 6.28. The smallest absolute Gasteiger partial charge is 0.364 e. The highest BCUT2D eigenvalue weighted by atomic mass is 19.1. The summed E-state index contributed by atoms with van der Waals surface area (Å²) in [6.07, 6.45) is 0. The molecule has 0 N–H and O–H groups in total. The van der Waals surface area contributed by atoms with Crippen LogP contribution in [-0.2, 0) is 11.3 Å². The first-order valence-corrected chi connectivity index (χ1v) is 8.40. The maximum Gasteiger partial charge on any atom is 0.364 e. The standard InChI is InChI=1S/C21H18F2N2O3/c1-12(2)27-14-9-17(22)16(18(23)10-14)11-25-19-8-6-5-7-15(19)20(24-25)21(26)28-13(3)4/h5-10H,1,3,11H2,2,4H3. The van der Waals surface area contributed by atoms with E-state index in [-0.39, 0.29) is 29.3 Å². The number of benzene rings is 2. The fourth-order valence-corrected chi connectivity index (χ4v) is 2.75. The molecule has 0 radical (unpaired) electrons. The number of carbonyl (C=O) groups is 1. The third-order valence-electron chi connectivity index (χ3n) is 3.83. The lowest BCUT2D eigenvalue weighted by Crippen LogP contribution is -2.09. The van der Waals surface area contributed by atoms with Crippen molar-refractivity contribution >= 4 is 16.9 Å². The van der Waals surface area contributed by atoms with Crippen LogP contribution < -0.4 is 4.74 Å². The minimum Gasteiger partial charge on any atom is -0.462 e. The maximum atomic E-state index is 14.5. The molecule has 144 valence electrons. The van der Waals surface area contributed by atoms with Crippen LogP contribution in [0.15, 0.2) is 61.1 Å². The van der Waals surface area contributed by atoms with Crippen molar-refractivity contribution in [1.82, 2.24) is 9.78 Å². The van der Waals surface area contributed by atoms with Gasteiger partial charge in [-0.1, -0.05) is 31.4 Å². The Morgan fingerprint density at radius 2 is 1.75 bits per heavy atom. The van der Waals surface area contributed by atoms with Crippen LogP contribution in [0.3, 0.4) is 0 Å². The average molecular weight is 384 g/mol. The molecule has 0 saturated carbocycles. The van der Waals surface area contributed by atoms with E-state index in [1.54, 1.807) is 31.2 Å². The van der Waals surface area contributed by atoms with Crippen LogP contribution in [0, 0.1) is 11.6 Å². The molecule has 0 atom stereocenters. The van der Waals surface area contributed by atoms with Crippen LogP contribution in [0.25, 0.3) is 10.9 Å². The number of hydrogen-bond donors (Lipinski definition) is 0. The van der Waals surface area contributed by atoms with E-state index in [1.807, 2.05) is 0 Å². The van der Waals surface area contributed by atoms with Crippen molar-refractivity contribution in [2.24, 2.45) is 0 Å². The average Bonchev–Trinajstić information content (AvgIpc) is 2.96. The molecule has 5 nitrogen and oxygen atoms in total. The van der Waals surface area contributed by atoms with E-state index in [0.717, 1.165) is 12.1 Å². The van der Waals surface area contributed by atoms with E-state index in [2.05, 4.69) is 18.3 Å². The fraction of sp³-hybridized carbons (Fsp3) is 0.143. The summed E-state index contributed by atoms with van der Waals surface area (Å²) in [5.41, 5.74) is 0.376.